The Kier molecular flexibility index (Phi) is 4.13. The predicted octanol–water partition coefficient (Wildman–Crippen LogP) is 2.86. The molecule has 1 N–H and O–H groups in total. The number of thiophene rings is 1. The van der Waals surface area contributed by atoms with Gasteiger partial charge in [0.05, 0.1) is 16.5 Å². The second-order valence-corrected chi connectivity index (χ2v) is 9.00. The molecule has 0 spiro atoms. The maximum atomic E-state index is 13.8. The summed E-state index contributed by atoms with van der Waals surface area (Å²) in [5.41, 5.74) is 0. The van der Waals surface area contributed by atoms with E-state index in [-0.39, 0.29) is 39.3 Å². The number of sulfone groups is 1. The molecule has 1 atom stereocenters. The minimum absolute atomic E-state index is 0.0705. The van der Waals surface area contributed by atoms with Crippen LogP contribution in [-0.2, 0) is 9.84 Å². The van der Waals surface area contributed by atoms with Gasteiger partial charge in [-0.05, 0) is 24.5 Å². The van der Waals surface area contributed by atoms with E-state index in [4.69, 9.17) is 11.6 Å². The van der Waals surface area contributed by atoms with Crippen LogP contribution < -0.4 is 5.32 Å². The number of halogens is 2. The number of hydrogen-bond donors (Lipinski definition) is 1. The van der Waals surface area contributed by atoms with Crippen LogP contribution in [0.3, 0.4) is 0 Å². The van der Waals surface area contributed by atoms with Gasteiger partial charge in [-0.25, -0.2) is 12.8 Å². The Balaban J connectivity index is 1.76. The van der Waals surface area contributed by atoms with E-state index in [1.807, 2.05) is 0 Å². The van der Waals surface area contributed by atoms with E-state index >= 15 is 0 Å². The molecule has 0 saturated carbocycles. The Bertz CT molecular complexity index is 847. The van der Waals surface area contributed by atoms with Gasteiger partial charge in [0.15, 0.2) is 9.84 Å². The third kappa shape index (κ3) is 2.98. The molecule has 3 rings (SSSR count). The van der Waals surface area contributed by atoms with Crippen LogP contribution in [0.4, 0.5) is 4.39 Å². The summed E-state index contributed by atoms with van der Waals surface area (Å²) in [5.74, 6) is -0.654. The monoisotopic (exact) mass is 361 g/mol. The molecule has 1 amide bonds. The lowest BCUT2D eigenvalue weighted by molar-refractivity contribution is 0.0952. The Morgan fingerprint density at radius 2 is 2.23 bits per heavy atom. The quantitative estimate of drug-likeness (QED) is 0.914. The van der Waals surface area contributed by atoms with Gasteiger partial charge in [0.25, 0.3) is 5.91 Å². The summed E-state index contributed by atoms with van der Waals surface area (Å²) in [6.45, 7) is 0.283. The Labute approximate surface area is 136 Å². The number of carbonyl (C=O) groups is 1. The summed E-state index contributed by atoms with van der Waals surface area (Å²) < 4.78 is 37.2. The number of hydrogen-bond acceptors (Lipinski definition) is 4. The molecule has 2 heterocycles. The number of carbonyl (C=O) groups excluding carboxylic acids is 1. The standard InChI is InChI=1S/C14H13ClFNO3S2/c15-12-11-9(16)2-1-3-10(11)21-13(12)14(18)17-6-8-4-5-22(19,20)7-8/h1-3,8H,4-7H2,(H,17,18)/t8-/m0/s1. The van der Waals surface area contributed by atoms with Crippen LogP contribution in [0, 0.1) is 11.7 Å². The molecule has 0 radical (unpaired) electrons. The SMILES string of the molecule is O=C(NC[C@@H]1CCS(=O)(=O)C1)c1sc2cccc(F)c2c1Cl. The molecule has 0 unspecified atom stereocenters. The lowest BCUT2D eigenvalue weighted by Gasteiger charge is -2.08. The van der Waals surface area contributed by atoms with Gasteiger partial charge in [0.1, 0.15) is 10.7 Å². The summed E-state index contributed by atoms with van der Waals surface area (Å²) in [6, 6.07) is 4.57. The second kappa shape index (κ2) is 5.79. The molecule has 0 aliphatic carbocycles. The van der Waals surface area contributed by atoms with E-state index in [2.05, 4.69) is 5.32 Å². The topological polar surface area (TPSA) is 63.2 Å². The van der Waals surface area contributed by atoms with Crippen LogP contribution in [0.15, 0.2) is 18.2 Å². The van der Waals surface area contributed by atoms with Crippen molar-refractivity contribution in [3.8, 4) is 0 Å². The zero-order valence-corrected chi connectivity index (χ0v) is 13.8. The molecule has 1 fully saturated rings. The summed E-state index contributed by atoms with van der Waals surface area (Å²) >= 11 is 7.24. The first-order valence-corrected chi connectivity index (χ1v) is 9.74. The maximum Gasteiger partial charge on any atom is 0.262 e. The van der Waals surface area contributed by atoms with E-state index in [0.29, 0.717) is 11.1 Å². The fraction of sp³-hybridized carbons (Fsp3) is 0.357. The van der Waals surface area contributed by atoms with Crippen molar-refractivity contribution in [2.45, 2.75) is 6.42 Å². The highest BCUT2D eigenvalue weighted by molar-refractivity contribution is 7.91. The molecular weight excluding hydrogens is 349 g/mol. The molecule has 22 heavy (non-hydrogen) atoms. The van der Waals surface area contributed by atoms with Crippen LogP contribution in [0.25, 0.3) is 10.1 Å². The number of fused-ring (bicyclic) bond motifs is 1. The van der Waals surface area contributed by atoms with Crippen molar-refractivity contribution in [3.05, 3.63) is 33.9 Å². The third-order valence-corrected chi connectivity index (χ3v) is 7.17. The Hall–Kier alpha value is -1.18. The van der Waals surface area contributed by atoms with Crippen molar-refractivity contribution in [2.24, 2.45) is 5.92 Å². The van der Waals surface area contributed by atoms with E-state index in [1.165, 1.54) is 6.07 Å². The van der Waals surface area contributed by atoms with Gasteiger partial charge in [-0.15, -0.1) is 11.3 Å². The molecule has 1 aliphatic rings. The minimum Gasteiger partial charge on any atom is -0.351 e. The van der Waals surface area contributed by atoms with Gasteiger partial charge in [-0.2, -0.15) is 0 Å². The average molecular weight is 362 g/mol. The molecular formula is C14H13ClFNO3S2. The van der Waals surface area contributed by atoms with Crippen molar-refractivity contribution in [1.29, 1.82) is 0 Å². The first-order valence-electron chi connectivity index (χ1n) is 6.72. The average Bonchev–Trinajstić information content (AvgIpc) is 2.97. The fourth-order valence-electron chi connectivity index (χ4n) is 2.57. The summed E-state index contributed by atoms with van der Waals surface area (Å²) in [7, 11) is -2.97. The second-order valence-electron chi connectivity index (χ2n) is 5.34. The van der Waals surface area contributed by atoms with Gasteiger partial charge < -0.3 is 5.32 Å². The summed E-state index contributed by atoms with van der Waals surface area (Å²) in [4.78, 5) is 12.5. The number of nitrogens with one attached hydrogen (secondary N) is 1. The molecule has 4 nitrogen and oxygen atoms in total. The molecule has 1 aromatic carbocycles. The van der Waals surface area contributed by atoms with Crippen molar-refractivity contribution in [1.82, 2.24) is 5.32 Å². The highest BCUT2D eigenvalue weighted by Crippen LogP contribution is 2.36. The van der Waals surface area contributed by atoms with E-state index < -0.39 is 21.6 Å². The van der Waals surface area contributed by atoms with E-state index in [1.54, 1.807) is 12.1 Å². The van der Waals surface area contributed by atoms with E-state index in [9.17, 15) is 17.6 Å². The minimum atomic E-state index is -2.97. The van der Waals surface area contributed by atoms with Crippen molar-refractivity contribution < 1.29 is 17.6 Å². The van der Waals surface area contributed by atoms with Crippen LogP contribution in [0.1, 0.15) is 16.1 Å². The molecule has 0 bridgehead atoms. The molecule has 8 heteroatoms. The van der Waals surface area contributed by atoms with Crippen LogP contribution in [0.2, 0.25) is 5.02 Å². The highest BCUT2D eigenvalue weighted by Gasteiger charge is 2.28. The normalized spacial score (nSPS) is 20.4. The summed E-state index contributed by atoms with van der Waals surface area (Å²) in [6.07, 6.45) is 0.553. The first kappa shape index (κ1) is 15.7. The van der Waals surface area contributed by atoms with Gasteiger partial charge >= 0.3 is 0 Å². The smallest absolute Gasteiger partial charge is 0.262 e. The van der Waals surface area contributed by atoms with Gasteiger partial charge in [0.2, 0.25) is 0 Å². The fourth-order valence-corrected chi connectivity index (χ4v) is 5.90. The first-order chi connectivity index (χ1) is 10.4. The highest BCUT2D eigenvalue weighted by atomic mass is 35.5. The van der Waals surface area contributed by atoms with E-state index in [0.717, 1.165) is 11.3 Å². The van der Waals surface area contributed by atoms with Gasteiger partial charge in [0, 0.05) is 16.6 Å². The number of rotatable bonds is 3. The lowest BCUT2D eigenvalue weighted by atomic mass is 10.1. The molecule has 1 saturated heterocycles. The van der Waals surface area contributed by atoms with Gasteiger partial charge in [-0.1, -0.05) is 17.7 Å². The van der Waals surface area contributed by atoms with Crippen molar-refractivity contribution in [2.75, 3.05) is 18.1 Å². The van der Waals surface area contributed by atoms with Crippen molar-refractivity contribution in [3.63, 3.8) is 0 Å². The molecule has 2 aromatic rings. The Morgan fingerprint density at radius 3 is 2.86 bits per heavy atom. The zero-order valence-electron chi connectivity index (χ0n) is 11.4. The van der Waals surface area contributed by atoms with Crippen LogP contribution >= 0.6 is 22.9 Å². The Morgan fingerprint density at radius 1 is 1.45 bits per heavy atom. The molecule has 1 aromatic heterocycles. The van der Waals surface area contributed by atoms with Crippen LogP contribution in [0.5, 0.6) is 0 Å². The molecule has 1 aliphatic heterocycles. The third-order valence-electron chi connectivity index (χ3n) is 3.69. The lowest BCUT2D eigenvalue weighted by Crippen LogP contribution is -2.29. The van der Waals surface area contributed by atoms with Crippen molar-refractivity contribution >= 4 is 48.8 Å². The molecule has 118 valence electrons. The number of amides is 1. The number of benzene rings is 1. The zero-order chi connectivity index (χ0) is 15.9. The largest absolute Gasteiger partial charge is 0.351 e. The van der Waals surface area contributed by atoms with Gasteiger partial charge in [-0.3, -0.25) is 4.79 Å². The predicted molar refractivity (Wildman–Crippen MR) is 85.9 cm³/mol. The summed E-state index contributed by atoms with van der Waals surface area (Å²) in [5, 5.41) is 3.06. The maximum absolute atomic E-state index is 13.8. The van der Waals surface area contributed by atoms with Crippen LogP contribution in [-0.4, -0.2) is 32.4 Å².